The summed E-state index contributed by atoms with van der Waals surface area (Å²) in [6.45, 7) is 5.38. The second kappa shape index (κ2) is 8.73. The molecule has 1 unspecified atom stereocenters. The molecule has 0 saturated carbocycles. The van der Waals surface area contributed by atoms with Crippen molar-refractivity contribution in [2.24, 2.45) is 0 Å². The molecule has 0 bridgehead atoms. The molecular formula is C15H22ClN3O3. The number of ether oxygens (including phenoxy) is 1. The maximum absolute atomic E-state index is 12.0. The Morgan fingerprint density at radius 3 is 2.77 bits per heavy atom. The van der Waals surface area contributed by atoms with E-state index < -0.39 is 0 Å². The summed E-state index contributed by atoms with van der Waals surface area (Å²) in [6, 6.07) is 5.50. The number of carbonyl (C=O) groups is 2. The van der Waals surface area contributed by atoms with Crippen LogP contribution in [0, 0.1) is 6.92 Å². The van der Waals surface area contributed by atoms with Gasteiger partial charge in [0.2, 0.25) is 11.8 Å². The summed E-state index contributed by atoms with van der Waals surface area (Å²) in [7, 11) is 0. The molecule has 7 heteroatoms. The van der Waals surface area contributed by atoms with Crippen LogP contribution in [0.25, 0.3) is 0 Å². The SMILES string of the molecule is CC(=O)Nc1cc(NC(=O)CC2COCCN2)ccc1C.Cl. The van der Waals surface area contributed by atoms with E-state index in [9.17, 15) is 9.59 Å². The molecule has 1 heterocycles. The maximum atomic E-state index is 12.0. The van der Waals surface area contributed by atoms with Gasteiger partial charge in [-0.15, -0.1) is 12.4 Å². The van der Waals surface area contributed by atoms with Gasteiger partial charge in [0.25, 0.3) is 0 Å². The minimum Gasteiger partial charge on any atom is -0.378 e. The first-order valence-electron chi connectivity index (χ1n) is 7.04. The van der Waals surface area contributed by atoms with E-state index in [4.69, 9.17) is 4.74 Å². The van der Waals surface area contributed by atoms with Crippen LogP contribution in [-0.4, -0.2) is 37.6 Å². The van der Waals surface area contributed by atoms with Gasteiger partial charge in [-0.25, -0.2) is 0 Å². The molecule has 0 radical (unpaired) electrons. The highest BCUT2D eigenvalue weighted by Gasteiger charge is 2.17. The molecular weight excluding hydrogens is 306 g/mol. The van der Waals surface area contributed by atoms with Crippen molar-refractivity contribution in [2.45, 2.75) is 26.3 Å². The molecule has 2 amide bonds. The number of anilines is 2. The highest BCUT2D eigenvalue weighted by atomic mass is 35.5. The molecule has 1 fully saturated rings. The van der Waals surface area contributed by atoms with Crippen LogP contribution in [0.1, 0.15) is 18.9 Å². The number of amides is 2. The van der Waals surface area contributed by atoms with E-state index in [0.29, 0.717) is 31.0 Å². The zero-order valence-corrected chi connectivity index (χ0v) is 13.6. The molecule has 3 N–H and O–H groups in total. The van der Waals surface area contributed by atoms with E-state index in [2.05, 4.69) is 16.0 Å². The number of nitrogens with one attached hydrogen (secondary N) is 3. The molecule has 1 aliphatic heterocycles. The summed E-state index contributed by atoms with van der Waals surface area (Å²) in [5, 5.41) is 8.83. The quantitative estimate of drug-likeness (QED) is 0.786. The zero-order valence-electron chi connectivity index (χ0n) is 12.8. The van der Waals surface area contributed by atoms with Gasteiger partial charge in [0.15, 0.2) is 0 Å². The Balaban J connectivity index is 0.00000242. The van der Waals surface area contributed by atoms with Crippen LogP contribution in [-0.2, 0) is 14.3 Å². The number of rotatable bonds is 4. The van der Waals surface area contributed by atoms with Crippen molar-refractivity contribution in [3.63, 3.8) is 0 Å². The van der Waals surface area contributed by atoms with Crippen LogP contribution >= 0.6 is 12.4 Å². The minimum atomic E-state index is -0.134. The first-order valence-corrected chi connectivity index (χ1v) is 7.04. The highest BCUT2D eigenvalue weighted by molar-refractivity contribution is 5.94. The Morgan fingerprint density at radius 2 is 2.14 bits per heavy atom. The monoisotopic (exact) mass is 327 g/mol. The Hall–Kier alpha value is -1.63. The summed E-state index contributed by atoms with van der Waals surface area (Å²) in [6.07, 6.45) is 0.364. The maximum Gasteiger partial charge on any atom is 0.226 e. The van der Waals surface area contributed by atoms with Crippen molar-refractivity contribution in [3.05, 3.63) is 23.8 Å². The van der Waals surface area contributed by atoms with E-state index in [0.717, 1.165) is 12.1 Å². The standard InChI is InChI=1S/C15H21N3O3.ClH/c1-10-3-4-12(7-14(10)17-11(2)19)18-15(20)8-13-9-21-6-5-16-13;/h3-4,7,13,16H,5-6,8-9H2,1-2H3,(H,17,19)(H,18,20);1H. The largest absolute Gasteiger partial charge is 0.378 e. The number of benzene rings is 1. The molecule has 22 heavy (non-hydrogen) atoms. The first-order chi connectivity index (χ1) is 10.0. The molecule has 122 valence electrons. The van der Waals surface area contributed by atoms with E-state index in [1.807, 2.05) is 19.1 Å². The van der Waals surface area contributed by atoms with Gasteiger partial charge in [-0.3, -0.25) is 9.59 Å². The fourth-order valence-corrected chi connectivity index (χ4v) is 2.21. The van der Waals surface area contributed by atoms with Crippen LogP contribution in [0.2, 0.25) is 0 Å². The lowest BCUT2D eigenvalue weighted by Gasteiger charge is -2.23. The zero-order chi connectivity index (χ0) is 15.2. The fourth-order valence-electron chi connectivity index (χ4n) is 2.21. The molecule has 1 aromatic carbocycles. The highest BCUT2D eigenvalue weighted by Crippen LogP contribution is 2.20. The van der Waals surface area contributed by atoms with Crippen molar-refractivity contribution in [1.29, 1.82) is 0 Å². The predicted molar refractivity (Wildman–Crippen MR) is 88.6 cm³/mol. The molecule has 2 rings (SSSR count). The first kappa shape index (κ1) is 18.4. The van der Waals surface area contributed by atoms with Crippen LogP contribution < -0.4 is 16.0 Å². The van der Waals surface area contributed by atoms with E-state index in [1.165, 1.54) is 6.92 Å². The van der Waals surface area contributed by atoms with Gasteiger partial charge in [0, 0.05) is 37.3 Å². The van der Waals surface area contributed by atoms with Gasteiger partial charge in [-0.05, 0) is 24.6 Å². The molecule has 1 atom stereocenters. The summed E-state index contributed by atoms with van der Waals surface area (Å²) in [4.78, 5) is 23.1. The van der Waals surface area contributed by atoms with E-state index in [-0.39, 0.29) is 30.3 Å². The lowest BCUT2D eigenvalue weighted by atomic mass is 10.1. The van der Waals surface area contributed by atoms with Gasteiger partial charge < -0.3 is 20.7 Å². The Morgan fingerprint density at radius 1 is 1.36 bits per heavy atom. The van der Waals surface area contributed by atoms with Gasteiger partial charge in [-0.1, -0.05) is 6.07 Å². The minimum absolute atomic E-state index is 0. The van der Waals surface area contributed by atoms with Crippen molar-refractivity contribution in [1.82, 2.24) is 5.32 Å². The number of halogens is 1. The van der Waals surface area contributed by atoms with Crippen LogP contribution in [0.4, 0.5) is 11.4 Å². The second-order valence-electron chi connectivity index (χ2n) is 5.19. The van der Waals surface area contributed by atoms with Crippen molar-refractivity contribution >= 4 is 35.6 Å². The predicted octanol–water partition coefficient (Wildman–Crippen LogP) is 1.69. The average molecular weight is 328 g/mol. The number of morpholine rings is 1. The molecule has 0 spiro atoms. The smallest absolute Gasteiger partial charge is 0.226 e. The molecule has 6 nitrogen and oxygen atoms in total. The fraction of sp³-hybridized carbons (Fsp3) is 0.467. The molecule has 0 aromatic heterocycles. The third-order valence-corrected chi connectivity index (χ3v) is 3.26. The Labute approximate surface area is 136 Å². The van der Waals surface area contributed by atoms with Crippen molar-refractivity contribution in [3.8, 4) is 0 Å². The summed E-state index contributed by atoms with van der Waals surface area (Å²) < 4.78 is 5.32. The van der Waals surface area contributed by atoms with Gasteiger partial charge >= 0.3 is 0 Å². The van der Waals surface area contributed by atoms with E-state index in [1.54, 1.807) is 6.07 Å². The number of carbonyl (C=O) groups excluding carboxylic acids is 2. The third-order valence-electron chi connectivity index (χ3n) is 3.26. The van der Waals surface area contributed by atoms with Crippen molar-refractivity contribution in [2.75, 3.05) is 30.4 Å². The molecule has 1 aromatic rings. The molecule has 0 aliphatic carbocycles. The van der Waals surface area contributed by atoms with Gasteiger partial charge in [0.1, 0.15) is 0 Å². The molecule has 1 aliphatic rings. The van der Waals surface area contributed by atoms with Gasteiger partial charge in [-0.2, -0.15) is 0 Å². The van der Waals surface area contributed by atoms with E-state index >= 15 is 0 Å². The van der Waals surface area contributed by atoms with Crippen molar-refractivity contribution < 1.29 is 14.3 Å². The topological polar surface area (TPSA) is 79.5 Å². The Kier molecular flexibility index (Phi) is 7.31. The summed E-state index contributed by atoms with van der Waals surface area (Å²) in [5.41, 5.74) is 2.33. The number of hydrogen-bond acceptors (Lipinski definition) is 4. The molecule has 1 saturated heterocycles. The summed E-state index contributed by atoms with van der Waals surface area (Å²) in [5.74, 6) is -0.208. The van der Waals surface area contributed by atoms with Gasteiger partial charge in [0.05, 0.1) is 13.2 Å². The average Bonchev–Trinajstić information content (AvgIpc) is 2.43. The second-order valence-corrected chi connectivity index (χ2v) is 5.19. The third kappa shape index (κ3) is 5.63. The summed E-state index contributed by atoms with van der Waals surface area (Å²) >= 11 is 0. The lowest BCUT2D eigenvalue weighted by molar-refractivity contribution is -0.117. The lowest BCUT2D eigenvalue weighted by Crippen LogP contribution is -2.43. The number of hydrogen-bond donors (Lipinski definition) is 3. The Bertz CT molecular complexity index is 531. The van der Waals surface area contributed by atoms with Crippen LogP contribution in [0.15, 0.2) is 18.2 Å². The normalized spacial score (nSPS) is 17.3. The van der Waals surface area contributed by atoms with Crippen LogP contribution in [0.5, 0.6) is 0 Å². The van der Waals surface area contributed by atoms with Crippen LogP contribution in [0.3, 0.4) is 0 Å². The number of aryl methyl sites for hydroxylation is 1.